The fourth-order valence-corrected chi connectivity index (χ4v) is 4.93. The number of rotatable bonds is 3. The summed E-state index contributed by atoms with van der Waals surface area (Å²) in [7, 11) is -0.852. The zero-order valence-electron chi connectivity index (χ0n) is 12.2. The Morgan fingerprint density at radius 3 is 2.14 bits per heavy atom. The summed E-state index contributed by atoms with van der Waals surface area (Å²) < 4.78 is 12.8. The fourth-order valence-electron chi connectivity index (χ4n) is 3.00. The van der Waals surface area contributed by atoms with Crippen molar-refractivity contribution < 1.29 is 4.21 Å². The van der Waals surface area contributed by atoms with Crippen LogP contribution in [0.1, 0.15) is 35.8 Å². The van der Waals surface area contributed by atoms with Gasteiger partial charge >= 0.3 is 0 Å². The van der Waals surface area contributed by atoms with Crippen LogP contribution in [0.25, 0.3) is 0 Å². The van der Waals surface area contributed by atoms with Crippen molar-refractivity contribution in [3.8, 4) is 0 Å². The topological polar surface area (TPSA) is 29.1 Å². The zero-order chi connectivity index (χ0) is 14.7. The van der Waals surface area contributed by atoms with Crippen LogP contribution in [0, 0.1) is 0 Å². The van der Waals surface area contributed by atoms with Crippen molar-refractivity contribution in [1.29, 1.82) is 0 Å². The highest BCUT2D eigenvalue weighted by Crippen LogP contribution is 2.37. The quantitative estimate of drug-likeness (QED) is 0.938. The van der Waals surface area contributed by atoms with E-state index >= 15 is 0 Å². The van der Waals surface area contributed by atoms with E-state index < -0.39 is 10.8 Å². The van der Waals surface area contributed by atoms with Crippen molar-refractivity contribution >= 4 is 10.8 Å². The largest absolute Gasteiger partial charge is 0.305 e. The Hall–Kier alpha value is -1.45. The maximum atomic E-state index is 12.8. The molecule has 0 radical (unpaired) electrons. The van der Waals surface area contributed by atoms with Gasteiger partial charge in [-0.25, -0.2) is 0 Å². The first-order valence-electron chi connectivity index (χ1n) is 7.52. The zero-order valence-corrected chi connectivity index (χ0v) is 13.1. The fraction of sp³-hybridized carbons (Fsp3) is 0.333. The highest BCUT2D eigenvalue weighted by atomic mass is 32.2. The summed E-state index contributed by atoms with van der Waals surface area (Å²) in [6.45, 7) is 2.15. The first-order valence-corrected chi connectivity index (χ1v) is 8.91. The van der Waals surface area contributed by atoms with Crippen LogP contribution in [0.2, 0.25) is 0 Å². The van der Waals surface area contributed by atoms with Crippen LogP contribution in [0.15, 0.2) is 60.7 Å². The molecule has 21 heavy (non-hydrogen) atoms. The van der Waals surface area contributed by atoms with E-state index in [0.29, 0.717) is 6.04 Å². The van der Waals surface area contributed by atoms with Gasteiger partial charge in [0.2, 0.25) is 0 Å². The Kier molecular flexibility index (Phi) is 4.51. The molecule has 0 amide bonds. The SMILES string of the molecule is CCC1CS(=O)C(c2ccccc2)C(c2ccccc2)N1. The molecule has 3 rings (SSSR count). The summed E-state index contributed by atoms with van der Waals surface area (Å²) >= 11 is 0. The summed E-state index contributed by atoms with van der Waals surface area (Å²) in [6, 6.07) is 21.1. The Balaban J connectivity index is 2.00. The summed E-state index contributed by atoms with van der Waals surface area (Å²) in [6.07, 6.45) is 1.01. The lowest BCUT2D eigenvalue weighted by molar-refractivity contribution is 0.415. The number of benzene rings is 2. The Morgan fingerprint density at radius 2 is 1.57 bits per heavy atom. The van der Waals surface area contributed by atoms with Crippen LogP contribution < -0.4 is 5.32 Å². The van der Waals surface area contributed by atoms with E-state index in [-0.39, 0.29) is 11.3 Å². The molecule has 1 fully saturated rings. The minimum atomic E-state index is -0.852. The minimum Gasteiger partial charge on any atom is -0.305 e. The lowest BCUT2D eigenvalue weighted by Gasteiger charge is -2.37. The molecule has 0 saturated carbocycles. The van der Waals surface area contributed by atoms with E-state index in [1.807, 2.05) is 24.3 Å². The Morgan fingerprint density at radius 1 is 1.00 bits per heavy atom. The summed E-state index contributed by atoms with van der Waals surface area (Å²) in [5.41, 5.74) is 2.38. The van der Waals surface area contributed by atoms with E-state index in [4.69, 9.17) is 0 Å². The average Bonchev–Trinajstić information content (AvgIpc) is 2.55. The second-order valence-electron chi connectivity index (χ2n) is 5.54. The first-order chi connectivity index (χ1) is 10.3. The van der Waals surface area contributed by atoms with Crippen LogP contribution in [-0.4, -0.2) is 16.0 Å². The van der Waals surface area contributed by atoms with Gasteiger partial charge in [0.25, 0.3) is 0 Å². The summed E-state index contributed by atoms with van der Waals surface area (Å²) in [5, 5.41) is 3.73. The van der Waals surface area contributed by atoms with Crippen LogP contribution >= 0.6 is 0 Å². The smallest absolute Gasteiger partial charge is 0.0792 e. The van der Waals surface area contributed by atoms with Gasteiger partial charge in [-0.2, -0.15) is 0 Å². The van der Waals surface area contributed by atoms with Crippen molar-refractivity contribution in [2.24, 2.45) is 0 Å². The molecule has 110 valence electrons. The molecular weight excluding hydrogens is 278 g/mol. The second kappa shape index (κ2) is 6.54. The molecule has 2 aromatic rings. The van der Waals surface area contributed by atoms with Gasteiger partial charge in [0.15, 0.2) is 0 Å². The molecule has 1 N–H and O–H groups in total. The van der Waals surface area contributed by atoms with E-state index in [1.165, 1.54) is 5.56 Å². The molecule has 1 saturated heterocycles. The normalized spacial score (nSPS) is 29.2. The first kappa shape index (κ1) is 14.5. The molecule has 0 aromatic heterocycles. The van der Waals surface area contributed by atoms with Crippen LogP contribution in [0.5, 0.6) is 0 Å². The molecular formula is C18H21NOS. The van der Waals surface area contributed by atoms with Gasteiger partial charge in [-0.1, -0.05) is 67.6 Å². The third kappa shape index (κ3) is 3.09. The Bertz CT molecular complexity index is 599. The second-order valence-corrected chi connectivity index (χ2v) is 7.14. The van der Waals surface area contributed by atoms with Gasteiger partial charge < -0.3 is 5.32 Å². The van der Waals surface area contributed by atoms with Gasteiger partial charge in [0, 0.05) is 22.6 Å². The minimum absolute atomic E-state index is 0.0244. The van der Waals surface area contributed by atoms with E-state index in [0.717, 1.165) is 17.7 Å². The monoisotopic (exact) mass is 299 g/mol. The predicted molar refractivity (Wildman–Crippen MR) is 88.6 cm³/mol. The lowest BCUT2D eigenvalue weighted by atomic mass is 9.96. The molecule has 3 heteroatoms. The van der Waals surface area contributed by atoms with Crippen molar-refractivity contribution in [2.75, 3.05) is 5.75 Å². The van der Waals surface area contributed by atoms with Gasteiger partial charge in [0.05, 0.1) is 11.3 Å². The average molecular weight is 299 g/mol. The van der Waals surface area contributed by atoms with Gasteiger partial charge in [-0.3, -0.25) is 4.21 Å². The van der Waals surface area contributed by atoms with Gasteiger partial charge in [-0.15, -0.1) is 0 Å². The van der Waals surface area contributed by atoms with Crippen LogP contribution in [0.3, 0.4) is 0 Å². The predicted octanol–water partition coefficient (Wildman–Crippen LogP) is 3.60. The van der Waals surface area contributed by atoms with Crippen molar-refractivity contribution in [3.05, 3.63) is 71.8 Å². The summed E-state index contributed by atoms with van der Waals surface area (Å²) in [4.78, 5) is 0. The van der Waals surface area contributed by atoms with E-state index in [1.54, 1.807) is 0 Å². The standard InChI is InChI=1S/C18H21NOS/c1-2-16-13-21(20)18(15-11-7-4-8-12-15)17(19-16)14-9-5-3-6-10-14/h3-12,16-19H,2,13H2,1H3. The van der Waals surface area contributed by atoms with E-state index in [9.17, 15) is 4.21 Å². The van der Waals surface area contributed by atoms with Crippen molar-refractivity contribution in [3.63, 3.8) is 0 Å². The highest BCUT2D eigenvalue weighted by molar-refractivity contribution is 7.85. The molecule has 0 aliphatic carbocycles. The molecule has 1 aliphatic rings. The number of hydrogen-bond donors (Lipinski definition) is 1. The van der Waals surface area contributed by atoms with E-state index in [2.05, 4.69) is 48.6 Å². The third-order valence-corrected chi connectivity index (χ3v) is 5.99. The molecule has 2 aromatic carbocycles. The van der Waals surface area contributed by atoms with Gasteiger partial charge in [0.1, 0.15) is 0 Å². The molecule has 0 bridgehead atoms. The molecule has 1 heterocycles. The third-order valence-electron chi connectivity index (χ3n) is 4.15. The lowest BCUT2D eigenvalue weighted by Crippen LogP contribution is -2.46. The maximum Gasteiger partial charge on any atom is 0.0792 e. The van der Waals surface area contributed by atoms with Crippen molar-refractivity contribution in [2.45, 2.75) is 30.7 Å². The Labute approximate surface area is 129 Å². The molecule has 1 aliphatic heterocycles. The highest BCUT2D eigenvalue weighted by Gasteiger charge is 2.36. The molecule has 0 spiro atoms. The van der Waals surface area contributed by atoms with Gasteiger partial charge in [-0.05, 0) is 17.5 Å². The van der Waals surface area contributed by atoms with Crippen molar-refractivity contribution in [1.82, 2.24) is 5.32 Å². The summed E-state index contributed by atoms with van der Waals surface area (Å²) in [5.74, 6) is 0.736. The number of hydrogen-bond acceptors (Lipinski definition) is 2. The maximum absolute atomic E-state index is 12.8. The molecule has 4 atom stereocenters. The molecule has 2 nitrogen and oxygen atoms in total. The molecule has 4 unspecified atom stereocenters. The van der Waals surface area contributed by atoms with Crippen LogP contribution in [0.4, 0.5) is 0 Å². The number of nitrogens with one attached hydrogen (secondary N) is 1. The van der Waals surface area contributed by atoms with Crippen LogP contribution in [-0.2, 0) is 10.8 Å².